The Bertz CT molecular complexity index is 390. The average Bonchev–Trinajstić information content (AvgIpc) is 2.71. The van der Waals surface area contributed by atoms with Crippen molar-refractivity contribution < 1.29 is 4.42 Å². The minimum Gasteiger partial charge on any atom is -0.445 e. The summed E-state index contributed by atoms with van der Waals surface area (Å²) < 4.78 is 5.18. The second-order valence-electron chi connectivity index (χ2n) is 3.25. The lowest BCUT2D eigenvalue weighted by molar-refractivity contribution is 0.574. The molecule has 14 heavy (non-hydrogen) atoms. The predicted octanol–water partition coefficient (Wildman–Crippen LogP) is 2.36. The van der Waals surface area contributed by atoms with E-state index in [-0.39, 0.29) is 6.04 Å². The summed E-state index contributed by atoms with van der Waals surface area (Å²) in [5.74, 6) is 0.640. The van der Waals surface area contributed by atoms with Gasteiger partial charge in [-0.05, 0) is 24.6 Å². The normalized spacial score (nSPS) is 12.7. The van der Waals surface area contributed by atoms with Crippen molar-refractivity contribution in [2.45, 2.75) is 13.0 Å². The molecule has 0 saturated carbocycles. The van der Waals surface area contributed by atoms with Gasteiger partial charge in [-0.15, -0.1) is 0 Å². The molecule has 2 N–H and O–H groups in total. The SMILES string of the molecule is CC(N)c1ccc(-c2ncco2)cc1. The molecule has 0 bridgehead atoms. The molecule has 0 saturated heterocycles. The van der Waals surface area contributed by atoms with E-state index in [4.69, 9.17) is 10.2 Å². The van der Waals surface area contributed by atoms with Crippen molar-refractivity contribution in [1.82, 2.24) is 4.98 Å². The van der Waals surface area contributed by atoms with Crippen molar-refractivity contribution in [3.63, 3.8) is 0 Å². The monoisotopic (exact) mass is 188 g/mol. The topological polar surface area (TPSA) is 52.0 Å². The molecular formula is C11H12N2O. The van der Waals surface area contributed by atoms with Crippen LogP contribution in [-0.4, -0.2) is 4.98 Å². The lowest BCUT2D eigenvalue weighted by Crippen LogP contribution is -2.04. The Morgan fingerprint density at radius 3 is 2.50 bits per heavy atom. The highest BCUT2D eigenvalue weighted by molar-refractivity contribution is 5.53. The van der Waals surface area contributed by atoms with Crippen LogP contribution < -0.4 is 5.73 Å². The Hall–Kier alpha value is -1.61. The van der Waals surface area contributed by atoms with Gasteiger partial charge in [0.1, 0.15) is 6.26 Å². The summed E-state index contributed by atoms with van der Waals surface area (Å²) in [6.07, 6.45) is 3.20. The number of aromatic nitrogens is 1. The smallest absolute Gasteiger partial charge is 0.225 e. The van der Waals surface area contributed by atoms with Gasteiger partial charge >= 0.3 is 0 Å². The van der Waals surface area contributed by atoms with E-state index in [1.54, 1.807) is 12.5 Å². The number of hydrogen-bond donors (Lipinski definition) is 1. The highest BCUT2D eigenvalue weighted by Gasteiger charge is 2.03. The number of rotatable bonds is 2. The third kappa shape index (κ3) is 1.67. The van der Waals surface area contributed by atoms with Crippen molar-refractivity contribution in [3.8, 4) is 11.5 Å². The third-order valence-corrected chi connectivity index (χ3v) is 2.12. The molecule has 0 aliphatic carbocycles. The van der Waals surface area contributed by atoms with Crippen LogP contribution in [0.1, 0.15) is 18.5 Å². The van der Waals surface area contributed by atoms with Crippen molar-refractivity contribution in [2.24, 2.45) is 5.73 Å². The zero-order valence-corrected chi connectivity index (χ0v) is 7.97. The first-order valence-electron chi connectivity index (χ1n) is 4.53. The molecule has 0 aliphatic rings. The summed E-state index contributed by atoms with van der Waals surface area (Å²) in [6.45, 7) is 1.96. The van der Waals surface area contributed by atoms with Gasteiger partial charge in [0, 0.05) is 11.6 Å². The zero-order chi connectivity index (χ0) is 9.97. The first kappa shape index (κ1) is 8.97. The molecule has 3 heteroatoms. The summed E-state index contributed by atoms with van der Waals surface area (Å²) in [4.78, 5) is 4.06. The van der Waals surface area contributed by atoms with Crippen LogP contribution in [0.2, 0.25) is 0 Å². The van der Waals surface area contributed by atoms with Crippen LogP contribution in [0.5, 0.6) is 0 Å². The molecule has 1 atom stereocenters. The van der Waals surface area contributed by atoms with E-state index in [9.17, 15) is 0 Å². The Labute approximate surface area is 82.6 Å². The lowest BCUT2D eigenvalue weighted by atomic mass is 10.1. The van der Waals surface area contributed by atoms with Gasteiger partial charge < -0.3 is 10.2 Å². The third-order valence-electron chi connectivity index (χ3n) is 2.12. The molecule has 0 spiro atoms. The second kappa shape index (κ2) is 3.64. The Morgan fingerprint density at radius 2 is 2.00 bits per heavy atom. The maximum absolute atomic E-state index is 5.74. The van der Waals surface area contributed by atoms with Crippen molar-refractivity contribution in [2.75, 3.05) is 0 Å². The van der Waals surface area contributed by atoms with E-state index in [0.29, 0.717) is 5.89 Å². The number of nitrogens with two attached hydrogens (primary N) is 1. The van der Waals surface area contributed by atoms with Gasteiger partial charge in [0.05, 0.1) is 6.20 Å². The van der Waals surface area contributed by atoms with Crippen LogP contribution in [0.4, 0.5) is 0 Å². The molecule has 0 fully saturated rings. The minimum absolute atomic E-state index is 0.0635. The van der Waals surface area contributed by atoms with Crippen LogP contribution in [0, 0.1) is 0 Å². The molecule has 0 amide bonds. The van der Waals surface area contributed by atoms with Crippen LogP contribution in [0.3, 0.4) is 0 Å². The second-order valence-corrected chi connectivity index (χ2v) is 3.25. The van der Waals surface area contributed by atoms with E-state index < -0.39 is 0 Å². The van der Waals surface area contributed by atoms with E-state index in [1.165, 1.54) is 0 Å². The van der Waals surface area contributed by atoms with Gasteiger partial charge in [-0.3, -0.25) is 0 Å². The Morgan fingerprint density at radius 1 is 1.29 bits per heavy atom. The predicted molar refractivity (Wildman–Crippen MR) is 54.5 cm³/mol. The molecule has 3 nitrogen and oxygen atoms in total. The maximum Gasteiger partial charge on any atom is 0.225 e. The molecule has 1 unspecified atom stereocenters. The van der Waals surface area contributed by atoms with Crippen molar-refractivity contribution in [1.29, 1.82) is 0 Å². The van der Waals surface area contributed by atoms with Gasteiger partial charge in [-0.2, -0.15) is 0 Å². The Balaban J connectivity index is 2.31. The highest BCUT2D eigenvalue weighted by atomic mass is 16.3. The molecule has 1 heterocycles. The summed E-state index contributed by atoms with van der Waals surface area (Å²) in [6, 6.07) is 7.97. The minimum atomic E-state index is 0.0635. The molecule has 1 aromatic heterocycles. The average molecular weight is 188 g/mol. The molecule has 1 aromatic carbocycles. The maximum atomic E-state index is 5.74. The quantitative estimate of drug-likeness (QED) is 0.787. The van der Waals surface area contributed by atoms with Crippen molar-refractivity contribution >= 4 is 0 Å². The molecule has 0 aliphatic heterocycles. The zero-order valence-electron chi connectivity index (χ0n) is 7.97. The van der Waals surface area contributed by atoms with Gasteiger partial charge in [0.25, 0.3) is 0 Å². The summed E-state index contributed by atoms with van der Waals surface area (Å²) in [7, 11) is 0. The summed E-state index contributed by atoms with van der Waals surface area (Å²) >= 11 is 0. The standard InChI is InChI=1S/C11H12N2O/c1-8(12)9-2-4-10(5-3-9)11-13-6-7-14-11/h2-8H,12H2,1H3. The van der Waals surface area contributed by atoms with Gasteiger partial charge in [-0.1, -0.05) is 12.1 Å². The van der Waals surface area contributed by atoms with Crippen molar-refractivity contribution in [3.05, 3.63) is 42.3 Å². The van der Waals surface area contributed by atoms with E-state index >= 15 is 0 Å². The molecule has 0 radical (unpaired) electrons. The van der Waals surface area contributed by atoms with Gasteiger partial charge in [0.2, 0.25) is 5.89 Å². The largest absolute Gasteiger partial charge is 0.445 e. The van der Waals surface area contributed by atoms with E-state index in [0.717, 1.165) is 11.1 Å². The number of hydrogen-bond acceptors (Lipinski definition) is 3. The fraction of sp³-hybridized carbons (Fsp3) is 0.182. The van der Waals surface area contributed by atoms with Crippen LogP contribution >= 0.6 is 0 Å². The fourth-order valence-electron chi connectivity index (χ4n) is 1.30. The number of benzene rings is 1. The number of oxazole rings is 1. The van der Waals surface area contributed by atoms with E-state index in [2.05, 4.69) is 4.98 Å². The van der Waals surface area contributed by atoms with Crippen LogP contribution in [0.15, 0.2) is 41.1 Å². The van der Waals surface area contributed by atoms with Gasteiger partial charge in [-0.25, -0.2) is 4.98 Å². The molecule has 2 rings (SSSR count). The van der Waals surface area contributed by atoms with Crippen LogP contribution in [0.25, 0.3) is 11.5 Å². The first-order chi connectivity index (χ1) is 6.77. The molecular weight excluding hydrogens is 176 g/mol. The summed E-state index contributed by atoms with van der Waals surface area (Å²) in [5, 5.41) is 0. The Kier molecular flexibility index (Phi) is 2.33. The van der Waals surface area contributed by atoms with Gasteiger partial charge in [0.15, 0.2) is 0 Å². The summed E-state index contributed by atoms with van der Waals surface area (Å²) in [5.41, 5.74) is 7.83. The van der Waals surface area contributed by atoms with Crippen LogP contribution in [-0.2, 0) is 0 Å². The fourth-order valence-corrected chi connectivity index (χ4v) is 1.30. The highest BCUT2D eigenvalue weighted by Crippen LogP contribution is 2.19. The first-order valence-corrected chi connectivity index (χ1v) is 4.53. The molecule has 72 valence electrons. The molecule has 2 aromatic rings. The number of nitrogens with zero attached hydrogens (tertiary/aromatic N) is 1. The van der Waals surface area contributed by atoms with E-state index in [1.807, 2.05) is 31.2 Å². The lowest BCUT2D eigenvalue weighted by Gasteiger charge is -2.04.